The highest BCUT2D eigenvalue weighted by Gasteiger charge is 1.99. The van der Waals surface area contributed by atoms with Gasteiger partial charge in [0.25, 0.3) is 0 Å². The molecule has 3 nitrogen and oxygen atoms in total. The molecule has 2 aromatic rings. The molecule has 19 heavy (non-hydrogen) atoms. The number of rotatable bonds is 6. The molecule has 0 aromatic heterocycles. The molecule has 2 rings (SSSR count). The van der Waals surface area contributed by atoms with Crippen LogP contribution in [0.2, 0.25) is 0 Å². The van der Waals surface area contributed by atoms with Crippen LogP contribution in [0, 0.1) is 0 Å². The van der Waals surface area contributed by atoms with E-state index in [0.29, 0.717) is 6.54 Å². The minimum absolute atomic E-state index is 0.582. The van der Waals surface area contributed by atoms with E-state index in [2.05, 4.69) is 49.3 Å². The molecule has 2 N–H and O–H groups in total. The first-order valence-electron chi connectivity index (χ1n) is 6.69. The van der Waals surface area contributed by atoms with E-state index in [0.717, 1.165) is 30.9 Å². The minimum atomic E-state index is 0.582. The van der Waals surface area contributed by atoms with Gasteiger partial charge in [-0.15, -0.1) is 0 Å². The maximum Gasteiger partial charge on any atom is 0.119 e. The molecule has 0 fully saturated rings. The summed E-state index contributed by atoms with van der Waals surface area (Å²) in [6.07, 6.45) is 1.04. The Balaban J connectivity index is 2.01. The van der Waals surface area contributed by atoms with Crippen molar-refractivity contribution in [1.82, 2.24) is 4.90 Å². The fourth-order valence-corrected chi connectivity index (χ4v) is 2.06. The molecule has 0 amide bonds. The van der Waals surface area contributed by atoms with Gasteiger partial charge in [0.05, 0.1) is 6.61 Å². The summed E-state index contributed by atoms with van der Waals surface area (Å²) in [5, 5.41) is 2.41. The lowest BCUT2D eigenvalue weighted by Crippen LogP contribution is -2.15. The summed E-state index contributed by atoms with van der Waals surface area (Å²) in [6, 6.07) is 12.5. The van der Waals surface area contributed by atoms with Crippen molar-refractivity contribution in [3.8, 4) is 5.75 Å². The second-order valence-corrected chi connectivity index (χ2v) is 5.05. The van der Waals surface area contributed by atoms with Crippen LogP contribution in [0.4, 0.5) is 0 Å². The summed E-state index contributed by atoms with van der Waals surface area (Å²) in [4.78, 5) is 2.16. The molecule has 2 aromatic carbocycles. The molecule has 0 aliphatic rings. The van der Waals surface area contributed by atoms with Gasteiger partial charge in [0.15, 0.2) is 0 Å². The van der Waals surface area contributed by atoms with Gasteiger partial charge in [-0.25, -0.2) is 0 Å². The predicted octanol–water partition coefficient (Wildman–Crippen LogP) is 2.63. The summed E-state index contributed by atoms with van der Waals surface area (Å²) >= 11 is 0. The molecule has 0 atom stereocenters. The van der Waals surface area contributed by atoms with E-state index >= 15 is 0 Å². The van der Waals surface area contributed by atoms with Crippen LogP contribution in [0.5, 0.6) is 5.75 Å². The van der Waals surface area contributed by atoms with E-state index in [1.165, 1.54) is 10.8 Å². The Bertz CT molecular complexity index is 537. The number of nitrogens with zero attached hydrogens (tertiary/aromatic N) is 1. The molecule has 0 spiro atoms. The average molecular weight is 258 g/mol. The largest absolute Gasteiger partial charge is 0.494 e. The van der Waals surface area contributed by atoms with E-state index < -0.39 is 0 Å². The van der Waals surface area contributed by atoms with Crippen LogP contribution in [0.25, 0.3) is 10.8 Å². The van der Waals surface area contributed by atoms with Gasteiger partial charge in [-0.05, 0) is 55.1 Å². The Kier molecular flexibility index (Phi) is 4.77. The van der Waals surface area contributed by atoms with Crippen molar-refractivity contribution in [1.29, 1.82) is 0 Å². The molecule has 3 heteroatoms. The van der Waals surface area contributed by atoms with E-state index in [-0.39, 0.29) is 0 Å². The molecule has 102 valence electrons. The highest BCUT2D eigenvalue weighted by Crippen LogP contribution is 2.22. The quantitative estimate of drug-likeness (QED) is 0.809. The van der Waals surface area contributed by atoms with Crippen LogP contribution < -0.4 is 10.5 Å². The van der Waals surface area contributed by atoms with Gasteiger partial charge >= 0.3 is 0 Å². The third kappa shape index (κ3) is 3.94. The van der Waals surface area contributed by atoms with E-state index in [9.17, 15) is 0 Å². The molecule has 0 saturated heterocycles. The van der Waals surface area contributed by atoms with Crippen molar-refractivity contribution in [2.45, 2.75) is 13.0 Å². The molecule has 0 unspecified atom stereocenters. The van der Waals surface area contributed by atoms with Crippen molar-refractivity contribution >= 4 is 10.8 Å². The van der Waals surface area contributed by atoms with Crippen LogP contribution >= 0.6 is 0 Å². The summed E-state index contributed by atoms with van der Waals surface area (Å²) in [5.74, 6) is 0.937. The maximum atomic E-state index is 5.77. The zero-order valence-electron chi connectivity index (χ0n) is 11.7. The molecular formula is C16H22N2O. The van der Waals surface area contributed by atoms with Crippen molar-refractivity contribution < 1.29 is 4.74 Å². The minimum Gasteiger partial charge on any atom is -0.494 e. The van der Waals surface area contributed by atoms with Crippen LogP contribution in [0.3, 0.4) is 0 Å². The first-order valence-corrected chi connectivity index (χ1v) is 6.69. The van der Waals surface area contributed by atoms with Gasteiger partial charge in [0.1, 0.15) is 5.75 Å². The lowest BCUT2D eigenvalue weighted by molar-refractivity contribution is 0.282. The van der Waals surface area contributed by atoms with Crippen molar-refractivity contribution in [2.24, 2.45) is 5.73 Å². The number of nitrogens with two attached hydrogens (primary N) is 1. The van der Waals surface area contributed by atoms with Gasteiger partial charge < -0.3 is 15.4 Å². The number of hydrogen-bond acceptors (Lipinski definition) is 3. The summed E-state index contributed by atoms with van der Waals surface area (Å²) < 4.78 is 5.77. The first-order chi connectivity index (χ1) is 9.19. The number of benzene rings is 2. The number of hydrogen-bond donors (Lipinski definition) is 1. The smallest absolute Gasteiger partial charge is 0.119 e. The third-order valence-corrected chi connectivity index (χ3v) is 3.13. The predicted molar refractivity (Wildman–Crippen MR) is 80.5 cm³/mol. The van der Waals surface area contributed by atoms with Gasteiger partial charge in [0.2, 0.25) is 0 Å². The Labute approximate surface area is 115 Å². The van der Waals surface area contributed by atoms with E-state index in [1.54, 1.807) is 0 Å². The van der Waals surface area contributed by atoms with Crippen LogP contribution in [0.1, 0.15) is 12.0 Å². The Morgan fingerprint density at radius 3 is 2.53 bits per heavy atom. The lowest BCUT2D eigenvalue weighted by atomic mass is 10.1. The zero-order valence-corrected chi connectivity index (χ0v) is 11.7. The van der Waals surface area contributed by atoms with Gasteiger partial charge in [-0.1, -0.05) is 18.2 Å². The zero-order chi connectivity index (χ0) is 13.7. The van der Waals surface area contributed by atoms with Crippen molar-refractivity contribution in [3.63, 3.8) is 0 Å². The summed E-state index contributed by atoms with van der Waals surface area (Å²) in [7, 11) is 4.15. The van der Waals surface area contributed by atoms with Gasteiger partial charge in [-0.3, -0.25) is 0 Å². The van der Waals surface area contributed by atoms with E-state index in [4.69, 9.17) is 10.5 Å². The highest BCUT2D eigenvalue weighted by molar-refractivity contribution is 5.84. The topological polar surface area (TPSA) is 38.5 Å². The average Bonchev–Trinajstić information content (AvgIpc) is 2.42. The molecular weight excluding hydrogens is 236 g/mol. The third-order valence-electron chi connectivity index (χ3n) is 3.13. The molecule has 0 radical (unpaired) electrons. The second-order valence-electron chi connectivity index (χ2n) is 5.05. The fourth-order valence-electron chi connectivity index (χ4n) is 2.06. The van der Waals surface area contributed by atoms with Gasteiger partial charge in [-0.2, -0.15) is 0 Å². The fraction of sp³-hybridized carbons (Fsp3) is 0.375. The van der Waals surface area contributed by atoms with Crippen LogP contribution in [0.15, 0.2) is 36.4 Å². The van der Waals surface area contributed by atoms with Crippen molar-refractivity contribution in [3.05, 3.63) is 42.0 Å². The molecule has 0 aliphatic carbocycles. The molecule has 0 aliphatic heterocycles. The second kappa shape index (κ2) is 6.55. The molecule has 0 bridgehead atoms. The Morgan fingerprint density at radius 1 is 1.05 bits per heavy atom. The van der Waals surface area contributed by atoms with Crippen LogP contribution in [-0.4, -0.2) is 32.1 Å². The Hall–Kier alpha value is -1.58. The van der Waals surface area contributed by atoms with Gasteiger partial charge in [0, 0.05) is 13.1 Å². The van der Waals surface area contributed by atoms with Crippen LogP contribution in [-0.2, 0) is 6.54 Å². The lowest BCUT2D eigenvalue weighted by Gasteiger charge is -2.11. The molecule has 0 heterocycles. The number of ether oxygens (including phenoxy) is 1. The van der Waals surface area contributed by atoms with E-state index in [1.807, 2.05) is 6.07 Å². The molecule has 0 saturated carbocycles. The van der Waals surface area contributed by atoms with Crippen molar-refractivity contribution in [2.75, 3.05) is 27.2 Å². The highest BCUT2D eigenvalue weighted by atomic mass is 16.5. The first kappa shape index (κ1) is 13.8. The monoisotopic (exact) mass is 258 g/mol. The SMILES string of the molecule is CN(C)CCCOc1ccc2cc(CN)ccc2c1. The Morgan fingerprint density at radius 2 is 1.79 bits per heavy atom. The maximum absolute atomic E-state index is 5.77. The normalized spacial score (nSPS) is 11.2. The summed E-state index contributed by atoms with van der Waals surface area (Å²) in [5.41, 5.74) is 6.81. The summed E-state index contributed by atoms with van der Waals surface area (Å²) in [6.45, 7) is 2.39. The standard InChI is InChI=1S/C16H22N2O/c1-18(2)8-3-9-19-16-7-6-14-10-13(12-17)4-5-15(14)11-16/h4-7,10-11H,3,8-9,12,17H2,1-2H3. The number of fused-ring (bicyclic) bond motifs is 1.